The van der Waals surface area contributed by atoms with Gasteiger partial charge >= 0.3 is 11.9 Å². The fraction of sp³-hybridized carbons (Fsp3) is 0.211. The lowest BCUT2D eigenvalue weighted by atomic mass is 9.81. The summed E-state index contributed by atoms with van der Waals surface area (Å²) < 4.78 is 10.6. The summed E-state index contributed by atoms with van der Waals surface area (Å²) in [6.45, 7) is 0.613. The summed E-state index contributed by atoms with van der Waals surface area (Å²) in [4.78, 5) is 59.8. The van der Waals surface area contributed by atoms with Gasteiger partial charge in [0.05, 0.1) is 55.0 Å². The van der Waals surface area contributed by atoms with Crippen molar-refractivity contribution in [3.05, 3.63) is 137 Å². The molecule has 8 nitrogen and oxygen atoms in total. The molecule has 0 radical (unpaired) electrons. The summed E-state index contributed by atoms with van der Waals surface area (Å²) in [6.07, 6.45) is -0.0780. The first-order valence-electron chi connectivity index (χ1n) is 15.2. The van der Waals surface area contributed by atoms with Gasteiger partial charge in [-0.05, 0) is 41.7 Å². The highest BCUT2D eigenvalue weighted by molar-refractivity contribution is 6.36. The number of carbonyl (C=O) groups is 4. The minimum Gasteiger partial charge on any atom is -0.469 e. The van der Waals surface area contributed by atoms with Crippen molar-refractivity contribution in [2.24, 2.45) is 5.41 Å². The molecule has 2 amide bonds. The maximum Gasteiger partial charge on any atom is 0.334 e. The van der Waals surface area contributed by atoms with Crippen LogP contribution in [0.4, 0.5) is 11.4 Å². The van der Waals surface area contributed by atoms with E-state index < -0.39 is 22.8 Å². The molecule has 0 saturated heterocycles. The molecular weight excluding hydrogens is 580 g/mol. The van der Waals surface area contributed by atoms with Crippen LogP contribution in [-0.2, 0) is 47.2 Å². The van der Waals surface area contributed by atoms with Crippen molar-refractivity contribution < 1.29 is 28.7 Å². The zero-order valence-electron chi connectivity index (χ0n) is 25.6. The number of amides is 2. The molecule has 46 heavy (non-hydrogen) atoms. The normalized spacial score (nSPS) is 22.0. The number of rotatable bonds is 8. The van der Waals surface area contributed by atoms with Crippen LogP contribution in [-0.4, -0.2) is 38.0 Å². The first-order chi connectivity index (χ1) is 22.4. The van der Waals surface area contributed by atoms with Crippen molar-refractivity contribution in [3.63, 3.8) is 0 Å². The second-order valence-electron chi connectivity index (χ2n) is 12.0. The third kappa shape index (κ3) is 4.28. The largest absolute Gasteiger partial charge is 0.469 e. The van der Waals surface area contributed by atoms with Crippen LogP contribution in [0, 0.1) is 5.41 Å². The fourth-order valence-corrected chi connectivity index (χ4v) is 7.40. The number of ether oxygens (including phenoxy) is 2. The van der Waals surface area contributed by atoms with Crippen LogP contribution in [0.1, 0.15) is 35.1 Å². The topological polar surface area (TPSA) is 93.2 Å². The van der Waals surface area contributed by atoms with Crippen LogP contribution in [0.2, 0.25) is 0 Å². The third-order valence-corrected chi connectivity index (χ3v) is 9.60. The van der Waals surface area contributed by atoms with Crippen LogP contribution in [0.5, 0.6) is 0 Å². The lowest BCUT2D eigenvalue weighted by molar-refractivity contribution is -0.149. The molecule has 0 aromatic heterocycles. The van der Waals surface area contributed by atoms with E-state index in [0.717, 1.165) is 11.1 Å². The Labute approximate surface area is 266 Å². The van der Waals surface area contributed by atoms with E-state index in [1.165, 1.54) is 14.2 Å². The van der Waals surface area contributed by atoms with Crippen LogP contribution >= 0.6 is 0 Å². The second-order valence-corrected chi connectivity index (χ2v) is 12.0. The van der Waals surface area contributed by atoms with Crippen molar-refractivity contribution in [2.75, 3.05) is 24.0 Å². The molecule has 230 valence electrons. The molecule has 8 heteroatoms. The molecule has 2 atom stereocenters. The number of carbonyl (C=O) groups excluding carboxylic acids is 4. The SMILES string of the molecule is COC(=O)/C(C[C@@]1(C(=O)OC)C[C@]12C(=O)N(Cc1ccccc1)c1ccccc12)=C1/C(=O)N(Cc2ccccc2)c2ccccc21. The van der Waals surface area contributed by atoms with Crippen molar-refractivity contribution in [2.45, 2.75) is 31.3 Å². The Kier molecular flexibility index (Phi) is 7.08. The standard InChI is InChI=1S/C38H32N2O6/c1-45-34(42)28(32-27-17-9-11-19-30(27)39(33(32)41)22-25-13-5-3-6-14-25)21-37(36(44)46-2)24-38(37)29-18-10-12-20-31(29)40(35(38)43)23-26-15-7-4-8-16-26/h3-20H,21-24H2,1-2H3/b32-28+/t37-,38-/m0/s1. The van der Waals surface area contributed by atoms with Crippen molar-refractivity contribution in [3.8, 4) is 0 Å². The Hall–Kier alpha value is -5.50. The van der Waals surface area contributed by atoms with Gasteiger partial charge < -0.3 is 19.3 Å². The summed E-state index contributed by atoms with van der Waals surface area (Å²) in [7, 11) is 2.53. The van der Waals surface area contributed by atoms with Gasteiger partial charge in [0.25, 0.3) is 5.91 Å². The Morgan fingerprint density at radius 3 is 1.89 bits per heavy atom. The molecule has 2 aliphatic heterocycles. The Morgan fingerprint density at radius 2 is 1.26 bits per heavy atom. The molecule has 7 rings (SSSR count). The van der Waals surface area contributed by atoms with Gasteiger partial charge in [-0.1, -0.05) is 97.1 Å². The molecule has 4 aromatic carbocycles. The van der Waals surface area contributed by atoms with Crippen LogP contribution < -0.4 is 9.80 Å². The van der Waals surface area contributed by atoms with Gasteiger partial charge in [0.15, 0.2) is 0 Å². The minimum absolute atomic E-state index is 0.0459. The highest BCUT2D eigenvalue weighted by atomic mass is 16.5. The van der Waals surface area contributed by atoms with E-state index in [2.05, 4.69) is 0 Å². The Morgan fingerprint density at radius 1 is 0.696 bits per heavy atom. The predicted molar refractivity (Wildman–Crippen MR) is 172 cm³/mol. The zero-order chi connectivity index (χ0) is 32.1. The number of hydrogen-bond donors (Lipinski definition) is 0. The Balaban J connectivity index is 1.35. The molecule has 2 heterocycles. The first-order valence-corrected chi connectivity index (χ1v) is 15.2. The monoisotopic (exact) mass is 612 g/mol. The molecule has 0 bridgehead atoms. The molecule has 4 aromatic rings. The molecule has 1 fully saturated rings. The number of benzene rings is 4. The number of methoxy groups -OCH3 is 2. The number of para-hydroxylation sites is 2. The van der Waals surface area contributed by atoms with Gasteiger partial charge in [0.2, 0.25) is 5.91 Å². The van der Waals surface area contributed by atoms with Crippen LogP contribution in [0.15, 0.2) is 115 Å². The quantitative estimate of drug-likeness (QED) is 0.190. The second kappa shape index (κ2) is 11.1. The molecule has 1 spiro atoms. The van der Waals surface area contributed by atoms with E-state index in [9.17, 15) is 19.2 Å². The van der Waals surface area contributed by atoms with Gasteiger partial charge in [0, 0.05) is 11.3 Å². The van der Waals surface area contributed by atoms with Gasteiger partial charge in [-0.25, -0.2) is 4.79 Å². The van der Waals surface area contributed by atoms with Crippen molar-refractivity contribution >= 4 is 40.7 Å². The zero-order valence-corrected chi connectivity index (χ0v) is 25.6. The fourth-order valence-electron chi connectivity index (χ4n) is 7.40. The van der Waals surface area contributed by atoms with E-state index >= 15 is 0 Å². The van der Waals surface area contributed by atoms with Gasteiger partial charge in [-0.2, -0.15) is 0 Å². The number of fused-ring (bicyclic) bond motifs is 3. The number of nitrogens with zero attached hydrogens (tertiary/aromatic N) is 2. The summed E-state index contributed by atoms with van der Waals surface area (Å²) in [6, 6.07) is 34.0. The highest BCUT2D eigenvalue weighted by Gasteiger charge is 2.81. The van der Waals surface area contributed by atoms with E-state index in [-0.39, 0.29) is 35.8 Å². The van der Waals surface area contributed by atoms with Gasteiger partial charge in [-0.15, -0.1) is 0 Å². The average molecular weight is 613 g/mol. The van der Waals surface area contributed by atoms with Gasteiger partial charge in [0.1, 0.15) is 0 Å². The van der Waals surface area contributed by atoms with Crippen LogP contribution in [0.25, 0.3) is 5.57 Å². The molecule has 1 aliphatic carbocycles. The molecule has 1 saturated carbocycles. The first kappa shape index (κ1) is 29.2. The summed E-state index contributed by atoms with van der Waals surface area (Å²) in [5.41, 5.74) is 2.03. The Bertz CT molecular complexity index is 1920. The number of hydrogen-bond acceptors (Lipinski definition) is 6. The smallest absolute Gasteiger partial charge is 0.334 e. The summed E-state index contributed by atoms with van der Waals surface area (Å²) >= 11 is 0. The van der Waals surface area contributed by atoms with Crippen molar-refractivity contribution in [1.82, 2.24) is 0 Å². The molecule has 3 aliphatic rings. The number of esters is 2. The molecule has 0 N–H and O–H groups in total. The number of anilines is 2. The molecule has 0 unspecified atom stereocenters. The maximum absolute atomic E-state index is 14.6. The third-order valence-electron chi connectivity index (χ3n) is 9.60. The lowest BCUT2D eigenvalue weighted by Gasteiger charge is -2.23. The van der Waals surface area contributed by atoms with Crippen molar-refractivity contribution in [1.29, 1.82) is 0 Å². The highest BCUT2D eigenvalue weighted by Crippen LogP contribution is 2.73. The van der Waals surface area contributed by atoms with Crippen LogP contribution in [0.3, 0.4) is 0 Å². The van der Waals surface area contributed by atoms with E-state index in [1.807, 2.05) is 97.1 Å². The average Bonchev–Trinajstić information content (AvgIpc) is 3.63. The maximum atomic E-state index is 14.6. The van der Waals surface area contributed by atoms with E-state index in [0.29, 0.717) is 35.6 Å². The predicted octanol–water partition coefficient (Wildman–Crippen LogP) is 5.60. The summed E-state index contributed by atoms with van der Waals surface area (Å²) in [5, 5.41) is 0. The van der Waals surface area contributed by atoms with Gasteiger partial charge in [-0.3, -0.25) is 14.4 Å². The molecular formula is C38H32N2O6. The van der Waals surface area contributed by atoms with E-state index in [1.54, 1.807) is 21.9 Å². The van der Waals surface area contributed by atoms with E-state index in [4.69, 9.17) is 9.47 Å². The minimum atomic E-state index is -1.43. The lowest BCUT2D eigenvalue weighted by Crippen LogP contribution is -2.38. The summed E-state index contributed by atoms with van der Waals surface area (Å²) in [5.74, 6) is -1.95.